The molecule has 0 aromatic rings. The van der Waals surface area contributed by atoms with Gasteiger partial charge in [0, 0.05) is 32.1 Å². The second kappa shape index (κ2) is 8.22. The molecule has 6 heteroatoms. The lowest BCUT2D eigenvalue weighted by Gasteiger charge is -2.23. The Kier molecular flexibility index (Phi) is 6.29. The monoisotopic (exact) mass is 297 g/mol. The first-order valence-corrected chi connectivity index (χ1v) is 8.15. The number of unbranched alkanes of at least 4 members (excludes halogenated alkanes) is 2. The van der Waals surface area contributed by atoms with Crippen LogP contribution in [0.5, 0.6) is 0 Å². The van der Waals surface area contributed by atoms with Gasteiger partial charge in [-0.3, -0.25) is 9.69 Å². The molecule has 2 aliphatic rings. The van der Waals surface area contributed by atoms with E-state index in [-0.39, 0.29) is 12.5 Å². The minimum atomic E-state index is -0.746. The first-order valence-electron chi connectivity index (χ1n) is 8.15. The maximum absolute atomic E-state index is 12.0. The van der Waals surface area contributed by atoms with E-state index in [4.69, 9.17) is 5.11 Å². The van der Waals surface area contributed by atoms with Gasteiger partial charge in [-0.1, -0.05) is 6.42 Å². The van der Waals surface area contributed by atoms with E-state index in [1.54, 1.807) is 0 Å². The van der Waals surface area contributed by atoms with Crippen LogP contribution in [0.3, 0.4) is 0 Å². The lowest BCUT2D eigenvalue weighted by Crippen LogP contribution is -2.41. The van der Waals surface area contributed by atoms with E-state index in [1.165, 1.54) is 25.9 Å². The molecule has 6 nitrogen and oxygen atoms in total. The normalized spacial score (nSPS) is 22.7. The first kappa shape index (κ1) is 16.1. The van der Waals surface area contributed by atoms with Gasteiger partial charge in [-0.2, -0.15) is 0 Å². The number of aliphatic carboxylic acids is 1. The molecule has 0 saturated carbocycles. The average molecular weight is 297 g/mol. The summed E-state index contributed by atoms with van der Waals surface area (Å²) in [6, 6.07) is 0.587. The van der Waals surface area contributed by atoms with Crippen LogP contribution in [0, 0.1) is 0 Å². The molecule has 2 heterocycles. The highest BCUT2D eigenvalue weighted by atomic mass is 16.4. The second-order valence-corrected chi connectivity index (χ2v) is 6.07. The molecule has 2 saturated heterocycles. The van der Waals surface area contributed by atoms with Crippen molar-refractivity contribution in [2.75, 3.05) is 32.7 Å². The smallest absolute Gasteiger partial charge is 0.317 e. The maximum atomic E-state index is 12.0. The van der Waals surface area contributed by atoms with Crippen LogP contribution < -0.4 is 5.32 Å². The number of carboxylic acids is 1. The molecular formula is C15H27N3O3. The Morgan fingerprint density at radius 2 is 1.86 bits per heavy atom. The third kappa shape index (κ3) is 5.19. The summed E-state index contributed by atoms with van der Waals surface area (Å²) in [5, 5.41) is 11.5. The lowest BCUT2D eigenvalue weighted by atomic mass is 10.2. The number of carbonyl (C=O) groups excluding carboxylic acids is 1. The third-order valence-corrected chi connectivity index (χ3v) is 4.45. The molecular weight excluding hydrogens is 270 g/mol. The maximum Gasteiger partial charge on any atom is 0.317 e. The number of likely N-dealkylation sites (tertiary alicyclic amines) is 2. The zero-order valence-corrected chi connectivity index (χ0v) is 12.7. The summed E-state index contributed by atoms with van der Waals surface area (Å²) in [7, 11) is 0. The van der Waals surface area contributed by atoms with Crippen molar-refractivity contribution in [3.8, 4) is 0 Å². The van der Waals surface area contributed by atoms with Crippen molar-refractivity contribution in [1.29, 1.82) is 0 Å². The molecule has 0 bridgehead atoms. The Morgan fingerprint density at radius 1 is 1.10 bits per heavy atom. The molecule has 2 aliphatic heterocycles. The molecule has 2 rings (SSSR count). The van der Waals surface area contributed by atoms with Gasteiger partial charge in [0.1, 0.15) is 0 Å². The van der Waals surface area contributed by atoms with Crippen molar-refractivity contribution in [3.05, 3.63) is 0 Å². The van der Waals surface area contributed by atoms with Crippen LogP contribution in [0.4, 0.5) is 4.79 Å². The van der Waals surface area contributed by atoms with E-state index >= 15 is 0 Å². The molecule has 0 aliphatic carbocycles. The molecule has 1 atom stereocenters. The SMILES string of the molecule is O=C(O)CCCCCNC(=O)N1CCC(N2CCCC2)C1. The fourth-order valence-electron chi connectivity index (χ4n) is 3.22. The van der Waals surface area contributed by atoms with Crippen molar-refractivity contribution < 1.29 is 14.7 Å². The number of carboxylic acid groups (broad SMARTS) is 1. The van der Waals surface area contributed by atoms with E-state index in [0.717, 1.165) is 32.4 Å². The Morgan fingerprint density at radius 3 is 2.57 bits per heavy atom. The highest BCUT2D eigenvalue weighted by Crippen LogP contribution is 2.20. The lowest BCUT2D eigenvalue weighted by molar-refractivity contribution is -0.137. The summed E-state index contributed by atoms with van der Waals surface area (Å²) in [4.78, 5) is 26.9. The summed E-state index contributed by atoms with van der Waals surface area (Å²) in [5.74, 6) is -0.746. The fourth-order valence-corrected chi connectivity index (χ4v) is 3.22. The van der Waals surface area contributed by atoms with Gasteiger partial charge in [-0.05, 0) is 45.2 Å². The molecule has 1 unspecified atom stereocenters. The average Bonchev–Trinajstić information content (AvgIpc) is 3.11. The molecule has 0 aromatic carbocycles. The van der Waals surface area contributed by atoms with Crippen LogP contribution in [0.1, 0.15) is 44.9 Å². The molecule has 0 aromatic heterocycles. The number of carbonyl (C=O) groups is 2. The van der Waals surface area contributed by atoms with Gasteiger partial charge in [-0.15, -0.1) is 0 Å². The number of nitrogens with one attached hydrogen (secondary N) is 1. The second-order valence-electron chi connectivity index (χ2n) is 6.07. The van der Waals surface area contributed by atoms with Gasteiger partial charge in [0.2, 0.25) is 0 Å². The number of nitrogens with zero attached hydrogens (tertiary/aromatic N) is 2. The van der Waals surface area contributed by atoms with Gasteiger partial charge in [-0.25, -0.2) is 4.79 Å². The zero-order valence-electron chi connectivity index (χ0n) is 12.7. The highest BCUT2D eigenvalue weighted by Gasteiger charge is 2.31. The predicted octanol–water partition coefficient (Wildman–Crippen LogP) is 1.51. The predicted molar refractivity (Wildman–Crippen MR) is 80.3 cm³/mol. The largest absolute Gasteiger partial charge is 0.481 e. The third-order valence-electron chi connectivity index (χ3n) is 4.45. The van der Waals surface area contributed by atoms with Crippen LogP contribution in [0.25, 0.3) is 0 Å². The molecule has 120 valence electrons. The summed E-state index contributed by atoms with van der Waals surface area (Å²) in [6.45, 7) is 4.72. The van der Waals surface area contributed by atoms with E-state index in [2.05, 4.69) is 10.2 Å². The van der Waals surface area contributed by atoms with Crippen molar-refractivity contribution in [3.63, 3.8) is 0 Å². The Hall–Kier alpha value is -1.30. The Balaban J connectivity index is 1.55. The summed E-state index contributed by atoms with van der Waals surface area (Å²) < 4.78 is 0. The minimum Gasteiger partial charge on any atom is -0.481 e. The van der Waals surface area contributed by atoms with Crippen molar-refractivity contribution in [2.45, 2.75) is 51.0 Å². The standard InChI is InChI=1S/C15H27N3O3/c19-14(20)6-2-1-3-8-16-15(21)18-11-7-13(12-18)17-9-4-5-10-17/h13H,1-12H2,(H,16,21)(H,19,20). The minimum absolute atomic E-state index is 0.0370. The van der Waals surface area contributed by atoms with Gasteiger partial charge < -0.3 is 15.3 Å². The highest BCUT2D eigenvalue weighted by molar-refractivity contribution is 5.74. The van der Waals surface area contributed by atoms with Crippen LogP contribution in [-0.4, -0.2) is 65.7 Å². The Bertz CT molecular complexity index is 356. The van der Waals surface area contributed by atoms with E-state index in [1.807, 2.05) is 4.90 Å². The van der Waals surface area contributed by atoms with Crippen LogP contribution in [0.2, 0.25) is 0 Å². The first-order chi connectivity index (χ1) is 10.2. The molecule has 2 amide bonds. The molecule has 21 heavy (non-hydrogen) atoms. The number of hydrogen-bond acceptors (Lipinski definition) is 3. The molecule has 0 spiro atoms. The number of rotatable bonds is 7. The topological polar surface area (TPSA) is 72.9 Å². The van der Waals surface area contributed by atoms with Gasteiger partial charge in [0.25, 0.3) is 0 Å². The molecule has 2 N–H and O–H groups in total. The Labute approximate surface area is 126 Å². The van der Waals surface area contributed by atoms with Crippen molar-refractivity contribution in [1.82, 2.24) is 15.1 Å². The summed E-state index contributed by atoms with van der Waals surface area (Å²) in [6.07, 6.45) is 6.28. The van der Waals surface area contributed by atoms with Crippen molar-refractivity contribution in [2.24, 2.45) is 0 Å². The summed E-state index contributed by atoms with van der Waals surface area (Å²) in [5.41, 5.74) is 0. The van der Waals surface area contributed by atoms with E-state index in [9.17, 15) is 9.59 Å². The van der Waals surface area contributed by atoms with E-state index in [0.29, 0.717) is 19.0 Å². The summed E-state index contributed by atoms with van der Waals surface area (Å²) >= 11 is 0. The van der Waals surface area contributed by atoms with Gasteiger partial charge >= 0.3 is 12.0 Å². The number of hydrogen-bond donors (Lipinski definition) is 2. The van der Waals surface area contributed by atoms with Gasteiger partial charge in [0.15, 0.2) is 0 Å². The zero-order chi connectivity index (χ0) is 15.1. The quantitative estimate of drug-likeness (QED) is 0.699. The van der Waals surface area contributed by atoms with Crippen LogP contribution in [0.15, 0.2) is 0 Å². The molecule has 0 radical (unpaired) electrons. The number of urea groups is 1. The fraction of sp³-hybridized carbons (Fsp3) is 0.867. The van der Waals surface area contributed by atoms with Crippen LogP contribution >= 0.6 is 0 Å². The van der Waals surface area contributed by atoms with Crippen molar-refractivity contribution >= 4 is 12.0 Å². The van der Waals surface area contributed by atoms with Gasteiger partial charge in [0.05, 0.1) is 0 Å². The molecule has 2 fully saturated rings. The number of amides is 2. The van der Waals surface area contributed by atoms with Crippen LogP contribution in [-0.2, 0) is 4.79 Å². The van der Waals surface area contributed by atoms with E-state index < -0.39 is 5.97 Å².